The molecule has 1 aromatic carbocycles. The Hall–Kier alpha value is -0.770. The molecule has 1 unspecified atom stereocenters. The number of benzene rings is 1. The molecule has 1 aliphatic rings. The van der Waals surface area contributed by atoms with Crippen LogP contribution in [0.2, 0.25) is 5.02 Å². The number of halogens is 1. The molecule has 0 radical (unpaired) electrons. The Bertz CT molecular complexity index is 405. The summed E-state index contributed by atoms with van der Waals surface area (Å²) in [5.74, 6) is 0.925. The fourth-order valence-electron chi connectivity index (χ4n) is 2.65. The van der Waals surface area contributed by atoms with E-state index in [0.717, 1.165) is 42.5 Å². The van der Waals surface area contributed by atoms with Crippen molar-refractivity contribution < 1.29 is 4.74 Å². The van der Waals surface area contributed by atoms with Crippen LogP contribution in [-0.2, 0) is 0 Å². The molecule has 1 aliphatic heterocycles. The second-order valence-corrected chi connectivity index (χ2v) is 5.46. The number of nitrogens with two attached hydrogens (primary N) is 1. The van der Waals surface area contributed by atoms with Gasteiger partial charge in [-0.3, -0.25) is 4.90 Å². The van der Waals surface area contributed by atoms with E-state index in [1.165, 1.54) is 12.8 Å². The van der Waals surface area contributed by atoms with Crippen LogP contribution in [0.25, 0.3) is 0 Å². The molecule has 3 nitrogen and oxygen atoms in total. The highest BCUT2D eigenvalue weighted by molar-refractivity contribution is 6.30. The molecule has 1 aromatic rings. The maximum absolute atomic E-state index is 6.14. The minimum absolute atomic E-state index is 0.216. The van der Waals surface area contributed by atoms with Crippen LogP contribution in [0.15, 0.2) is 18.2 Å². The maximum atomic E-state index is 6.14. The second kappa shape index (κ2) is 7.13. The van der Waals surface area contributed by atoms with Crippen molar-refractivity contribution in [3.8, 4) is 5.75 Å². The van der Waals surface area contributed by atoms with Gasteiger partial charge >= 0.3 is 0 Å². The minimum atomic E-state index is 0.216. The van der Waals surface area contributed by atoms with E-state index < -0.39 is 0 Å². The summed E-state index contributed by atoms with van der Waals surface area (Å²) in [5, 5.41) is 0.747. The van der Waals surface area contributed by atoms with Crippen LogP contribution in [0, 0.1) is 0 Å². The Balaban J connectivity index is 2.25. The molecule has 1 saturated heterocycles. The first-order valence-corrected chi connectivity index (χ1v) is 7.50. The lowest BCUT2D eigenvalue weighted by molar-refractivity contribution is 0.239. The van der Waals surface area contributed by atoms with Gasteiger partial charge in [-0.15, -0.1) is 0 Å². The van der Waals surface area contributed by atoms with Crippen molar-refractivity contribution in [3.05, 3.63) is 28.8 Å². The minimum Gasteiger partial charge on any atom is -0.493 e. The zero-order valence-corrected chi connectivity index (χ0v) is 12.3. The van der Waals surface area contributed by atoms with E-state index in [2.05, 4.69) is 11.8 Å². The lowest BCUT2D eigenvalue weighted by Crippen LogP contribution is -2.31. The Kier molecular flexibility index (Phi) is 5.49. The first-order chi connectivity index (χ1) is 9.26. The molecule has 0 aliphatic carbocycles. The highest BCUT2D eigenvalue weighted by Crippen LogP contribution is 2.33. The van der Waals surface area contributed by atoms with E-state index in [1.54, 1.807) is 0 Å². The van der Waals surface area contributed by atoms with Crippen molar-refractivity contribution in [2.24, 2.45) is 5.73 Å². The molecule has 1 fully saturated rings. The number of hydrogen-bond donors (Lipinski definition) is 1. The van der Waals surface area contributed by atoms with Gasteiger partial charge < -0.3 is 10.5 Å². The van der Waals surface area contributed by atoms with E-state index in [0.29, 0.717) is 6.54 Å². The lowest BCUT2D eigenvalue weighted by Gasteiger charge is -2.28. The predicted molar refractivity (Wildman–Crippen MR) is 79.8 cm³/mol. The molecule has 0 aromatic heterocycles. The van der Waals surface area contributed by atoms with Gasteiger partial charge in [-0.1, -0.05) is 18.5 Å². The van der Waals surface area contributed by atoms with Crippen LogP contribution in [-0.4, -0.2) is 31.1 Å². The summed E-state index contributed by atoms with van der Waals surface area (Å²) in [7, 11) is 0. The average molecular weight is 283 g/mol. The van der Waals surface area contributed by atoms with Gasteiger partial charge in [0.2, 0.25) is 0 Å². The highest BCUT2D eigenvalue weighted by atomic mass is 35.5. The zero-order chi connectivity index (χ0) is 13.7. The van der Waals surface area contributed by atoms with Gasteiger partial charge in [0.15, 0.2) is 0 Å². The van der Waals surface area contributed by atoms with Gasteiger partial charge in [0.25, 0.3) is 0 Å². The van der Waals surface area contributed by atoms with E-state index >= 15 is 0 Å². The quantitative estimate of drug-likeness (QED) is 0.871. The number of nitrogens with zero attached hydrogens (tertiary/aromatic N) is 1. The van der Waals surface area contributed by atoms with E-state index in [-0.39, 0.29) is 6.04 Å². The van der Waals surface area contributed by atoms with Gasteiger partial charge in [0.05, 0.1) is 12.6 Å². The first-order valence-electron chi connectivity index (χ1n) is 7.12. The van der Waals surface area contributed by atoms with E-state index in [9.17, 15) is 0 Å². The molecule has 106 valence electrons. The molecule has 0 spiro atoms. The topological polar surface area (TPSA) is 38.5 Å². The molecule has 0 amide bonds. The highest BCUT2D eigenvalue weighted by Gasteiger charge is 2.25. The molecule has 2 N–H and O–H groups in total. The molecular formula is C15H23ClN2O. The van der Waals surface area contributed by atoms with Crippen molar-refractivity contribution in [3.63, 3.8) is 0 Å². The third-order valence-corrected chi connectivity index (χ3v) is 3.83. The van der Waals surface area contributed by atoms with Gasteiger partial charge in [0.1, 0.15) is 5.75 Å². The second-order valence-electron chi connectivity index (χ2n) is 5.03. The molecule has 0 saturated carbocycles. The first kappa shape index (κ1) is 14.6. The Morgan fingerprint density at radius 1 is 1.37 bits per heavy atom. The van der Waals surface area contributed by atoms with Crippen LogP contribution < -0.4 is 10.5 Å². The number of ether oxygens (including phenoxy) is 1. The molecular weight excluding hydrogens is 260 g/mol. The number of rotatable bonds is 6. The largest absolute Gasteiger partial charge is 0.493 e. The van der Waals surface area contributed by atoms with E-state index in [1.807, 2.05) is 18.2 Å². The van der Waals surface area contributed by atoms with Gasteiger partial charge in [-0.2, -0.15) is 0 Å². The number of hydrogen-bond acceptors (Lipinski definition) is 3. The van der Waals surface area contributed by atoms with Crippen LogP contribution in [0.4, 0.5) is 0 Å². The van der Waals surface area contributed by atoms with Crippen molar-refractivity contribution in [2.75, 3.05) is 26.2 Å². The molecule has 0 bridgehead atoms. The normalized spacial score (nSPS) is 17.6. The third-order valence-electron chi connectivity index (χ3n) is 3.60. The summed E-state index contributed by atoms with van der Waals surface area (Å²) in [6, 6.07) is 6.07. The summed E-state index contributed by atoms with van der Waals surface area (Å²) >= 11 is 6.14. The summed E-state index contributed by atoms with van der Waals surface area (Å²) in [4.78, 5) is 2.43. The van der Waals surface area contributed by atoms with Gasteiger partial charge in [-0.05, 0) is 50.6 Å². The van der Waals surface area contributed by atoms with Crippen molar-refractivity contribution in [2.45, 2.75) is 32.2 Å². The average Bonchev–Trinajstić information content (AvgIpc) is 2.93. The van der Waals surface area contributed by atoms with Crippen LogP contribution in [0.3, 0.4) is 0 Å². The Morgan fingerprint density at radius 2 is 2.11 bits per heavy atom. The standard InChI is InChI=1S/C15H23ClN2O/c1-2-9-19-15-6-5-12(16)10-13(15)14(11-17)18-7-3-4-8-18/h5-6,10,14H,2-4,7-9,11,17H2,1H3. The van der Waals surface area contributed by atoms with Crippen LogP contribution >= 0.6 is 11.6 Å². The Morgan fingerprint density at radius 3 is 2.74 bits per heavy atom. The molecule has 19 heavy (non-hydrogen) atoms. The Labute approximate surface area is 120 Å². The molecule has 2 rings (SSSR count). The SMILES string of the molecule is CCCOc1ccc(Cl)cc1C(CN)N1CCCC1. The fraction of sp³-hybridized carbons (Fsp3) is 0.600. The summed E-state index contributed by atoms with van der Waals surface area (Å²) in [6.45, 7) is 5.66. The van der Waals surface area contributed by atoms with Crippen molar-refractivity contribution >= 4 is 11.6 Å². The monoisotopic (exact) mass is 282 g/mol. The third kappa shape index (κ3) is 3.62. The smallest absolute Gasteiger partial charge is 0.124 e. The predicted octanol–water partition coefficient (Wildman–Crippen LogP) is 3.22. The van der Waals surface area contributed by atoms with Gasteiger partial charge in [-0.25, -0.2) is 0 Å². The van der Waals surface area contributed by atoms with Crippen LogP contribution in [0.1, 0.15) is 37.8 Å². The summed E-state index contributed by atoms with van der Waals surface area (Å²) < 4.78 is 5.84. The summed E-state index contributed by atoms with van der Waals surface area (Å²) in [5.41, 5.74) is 7.12. The van der Waals surface area contributed by atoms with E-state index in [4.69, 9.17) is 22.1 Å². The number of likely N-dealkylation sites (tertiary alicyclic amines) is 1. The van der Waals surface area contributed by atoms with Crippen molar-refractivity contribution in [1.29, 1.82) is 0 Å². The zero-order valence-electron chi connectivity index (χ0n) is 11.6. The molecule has 1 atom stereocenters. The maximum Gasteiger partial charge on any atom is 0.124 e. The summed E-state index contributed by atoms with van der Waals surface area (Å²) in [6.07, 6.45) is 3.50. The lowest BCUT2D eigenvalue weighted by atomic mass is 10.0. The van der Waals surface area contributed by atoms with Crippen molar-refractivity contribution in [1.82, 2.24) is 4.90 Å². The van der Waals surface area contributed by atoms with Crippen LogP contribution in [0.5, 0.6) is 5.75 Å². The van der Waals surface area contributed by atoms with Gasteiger partial charge in [0, 0.05) is 17.1 Å². The molecule has 4 heteroatoms. The fourth-order valence-corrected chi connectivity index (χ4v) is 2.83. The molecule has 1 heterocycles.